The summed E-state index contributed by atoms with van der Waals surface area (Å²) in [6.45, 7) is 1.93. The molecular weight excluding hydrogens is 425 g/mol. The molecule has 31 heavy (non-hydrogen) atoms. The van der Waals surface area contributed by atoms with Crippen LogP contribution in [0.3, 0.4) is 0 Å². The van der Waals surface area contributed by atoms with Gasteiger partial charge in [0.25, 0.3) is 0 Å². The molecule has 1 heterocycles. The Balaban J connectivity index is 1.57. The van der Waals surface area contributed by atoms with Gasteiger partial charge in [0, 0.05) is 6.04 Å². The molecule has 1 fully saturated rings. The van der Waals surface area contributed by atoms with Crippen LogP contribution in [0.25, 0.3) is 0 Å². The van der Waals surface area contributed by atoms with Crippen LogP contribution in [0, 0.1) is 11.7 Å². The Morgan fingerprint density at radius 3 is 2.71 bits per heavy atom. The van der Waals surface area contributed by atoms with Gasteiger partial charge in [-0.15, -0.1) is 0 Å². The Morgan fingerprint density at radius 2 is 1.97 bits per heavy atom. The first-order valence-electron chi connectivity index (χ1n) is 10.3. The summed E-state index contributed by atoms with van der Waals surface area (Å²) in [6, 6.07) is 9.36. The number of nitrogens with zero attached hydrogens (tertiary/aromatic N) is 2. The van der Waals surface area contributed by atoms with Gasteiger partial charge in [-0.25, -0.2) is 23.9 Å². The molecular formula is C22H25ClFN3O4. The summed E-state index contributed by atoms with van der Waals surface area (Å²) in [5.41, 5.74) is 0.542. The summed E-state index contributed by atoms with van der Waals surface area (Å²) < 4.78 is 24.9. The molecule has 1 aliphatic carbocycles. The van der Waals surface area contributed by atoms with Crippen molar-refractivity contribution in [1.29, 1.82) is 0 Å². The lowest BCUT2D eigenvalue weighted by molar-refractivity contribution is 0.0512. The topological polar surface area (TPSA) is 90.4 Å². The van der Waals surface area contributed by atoms with Gasteiger partial charge in [-0.2, -0.15) is 0 Å². The van der Waals surface area contributed by atoms with E-state index in [0.717, 1.165) is 24.8 Å². The lowest BCUT2D eigenvalue weighted by atomic mass is 9.83. The number of alkyl carbamates (subject to hydrolysis) is 1. The minimum Gasteiger partial charge on any atom is -0.461 e. The molecule has 1 aromatic heterocycles. The van der Waals surface area contributed by atoms with E-state index in [-0.39, 0.29) is 42.6 Å². The van der Waals surface area contributed by atoms with E-state index in [2.05, 4.69) is 15.3 Å². The third kappa shape index (κ3) is 6.62. The molecule has 0 spiro atoms. The van der Waals surface area contributed by atoms with E-state index in [9.17, 15) is 14.0 Å². The summed E-state index contributed by atoms with van der Waals surface area (Å²) in [5.74, 6) is -1.60. The molecule has 0 radical (unpaired) electrons. The van der Waals surface area contributed by atoms with E-state index in [1.54, 1.807) is 6.92 Å². The van der Waals surface area contributed by atoms with Crippen LogP contribution in [-0.2, 0) is 22.5 Å². The number of aromatic nitrogens is 2. The van der Waals surface area contributed by atoms with Crippen molar-refractivity contribution in [2.75, 3.05) is 6.61 Å². The van der Waals surface area contributed by atoms with Crippen LogP contribution in [0.15, 0.2) is 30.3 Å². The Morgan fingerprint density at radius 1 is 1.19 bits per heavy atom. The molecule has 0 bridgehead atoms. The second-order valence-corrected chi connectivity index (χ2v) is 7.80. The van der Waals surface area contributed by atoms with Crippen LogP contribution in [0.1, 0.15) is 54.4 Å². The number of ether oxygens (including phenoxy) is 2. The van der Waals surface area contributed by atoms with Gasteiger partial charge >= 0.3 is 12.1 Å². The first-order chi connectivity index (χ1) is 15.0. The molecule has 166 valence electrons. The highest BCUT2D eigenvalue weighted by atomic mass is 35.5. The third-order valence-corrected chi connectivity index (χ3v) is 5.33. The maximum Gasteiger partial charge on any atom is 0.407 e. The molecule has 1 N–H and O–H groups in total. The van der Waals surface area contributed by atoms with Crippen molar-refractivity contribution in [3.8, 4) is 0 Å². The Kier molecular flexibility index (Phi) is 8.17. The van der Waals surface area contributed by atoms with Crippen LogP contribution in [-0.4, -0.2) is 34.7 Å². The van der Waals surface area contributed by atoms with Crippen molar-refractivity contribution in [2.24, 2.45) is 5.92 Å². The average molecular weight is 450 g/mol. The first-order valence-corrected chi connectivity index (χ1v) is 10.7. The summed E-state index contributed by atoms with van der Waals surface area (Å²) in [6.07, 6.45) is 3.01. The van der Waals surface area contributed by atoms with Gasteiger partial charge in [0.05, 0.1) is 12.3 Å². The Bertz CT molecular complexity index is 913. The zero-order valence-electron chi connectivity index (χ0n) is 17.3. The minimum atomic E-state index is -0.866. The van der Waals surface area contributed by atoms with E-state index in [1.807, 2.05) is 30.3 Å². The van der Waals surface area contributed by atoms with E-state index < -0.39 is 23.6 Å². The molecule has 2 atom stereocenters. The van der Waals surface area contributed by atoms with Crippen LogP contribution >= 0.6 is 11.6 Å². The number of rotatable bonds is 7. The van der Waals surface area contributed by atoms with E-state index in [4.69, 9.17) is 21.1 Å². The maximum atomic E-state index is 14.8. The summed E-state index contributed by atoms with van der Waals surface area (Å²) in [5, 5.41) is 2.69. The average Bonchev–Trinajstić information content (AvgIpc) is 2.76. The molecule has 0 saturated heterocycles. The van der Waals surface area contributed by atoms with E-state index in [0.29, 0.717) is 6.42 Å². The molecule has 0 aliphatic heterocycles. The molecule has 1 unspecified atom stereocenters. The highest BCUT2D eigenvalue weighted by molar-refractivity contribution is 6.28. The van der Waals surface area contributed by atoms with Crippen LogP contribution in [0.2, 0.25) is 5.28 Å². The number of hydrogen-bond acceptors (Lipinski definition) is 6. The van der Waals surface area contributed by atoms with E-state index in [1.165, 1.54) is 0 Å². The number of benzene rings is 1. The quantitative estimate of drug-likeness (QED) is 0.495. The molecule has 1 saturated carbocycles. The monoisotopic (exact) mass is 449 g/mol. The van der Waals surface area contributed by atoms with Crippen molar-refractivity contribution >= 4 is 23.7 Å². The fourth-order valence-electron chi connectivity index (χ4n) is 3.75. The van der Waals surface area contributed by atoms with Gasteiger partial charge in [0.15, 0.2) is 11.5 Å². The largest absolute Gasteiger partial charge is 0.461 e. The molecule has 2 aromatic rings. The standard InChI is InChI=1S/C22H25ClFN3O4/c1-2-30-20(28)19-18(24)17(26-21(23)27-19)12-15-9-6-10-16(11-15)25-22(29)31-13-14-7-4-3-5-8-14/h3-5,7-8,15-16H,2,6,9-13H2,1H3,(H,25,29)/t15?,16-/m1/s1. The zero-order valence-corrected chi connectivity index (χ0v) is 18.0. The number of carbonyl (C=O) groups excluding carboxylic acids is 2. The maximum absolute atomic E-state index is 14.8. The number of esters is 1. The van der Waals surface area contributed by atoms with Gasteiger partial charge in [0.2, 0.25) is 5.28 Å². The van der Waals surface area contributed by atoms with Gasteiger partial charge in [-0.1, -0.05) is 36.8 Å². The Labute approximate surface area is 185 Å². The second-order valence-electron chi connectivity index (χ2n) is 7.46. The highest BCUT2D eigenvalue weighted by Crippen LogP contribution is 2.28. The van der Waals surface area contributed by atoms with Crippen LogP contribution in [0.5, 0.6) is 0 Å². The number of nitrogens with one attached hydrogen (secondary N) is 1. The summed E-state index contributed by atoms with van der Waals surface area (Å²) >= 11 is 5.90. The fourth-order valence-corrected chi connectivity index (χ4v) is 3.93. The summed E-state index contributed by atoms with van der Waals surface area (Å²) in [7, 11) is 0. The predicted molar refractivity (Wildman–Crippen MR) is 112 cm³/mol. The number of halogens is 2. The van der Waals surface area contributed by atoms with Crippen molar-refractivity contribution in [1.82, 2.24) is 15.3 Å². The van der Waals surface area contributed by atoms with Gasteiger partial charge in [0.1, 0.15) is 6.61 Å². The normalized spacial score (nSPS) is 18.3. The lowest BCUT2D eigenvalue weighted by Gasteiger charge is -2.29. The minimum absolute atomic E-state index is 0.0729. The van der Waals surface area contributed by atoms with Gasteiger partial charge in [-0.05, 0) is 55.7 Å². The van der Waals surface area contributed by atoms with Crippen molar-refractivity contribution in [3.63, 3.8) is 0 Å². The van der Waals surface area contributed by atoms with Crippen molar-refractivity contribution in [3.05, 3.63) is 58.4 Å². The molecule has 7 nitrogen and oxygen atoms in total. The van der Waals surface area contributed by atoms with Gasteiger partial charge in [-0.3, -0.25) is 0 Å². The number of carbonyl (C=O) groups is 2. The van der Waals surface area contributed by atoms with Crippen molar-refractivity contribution in [2.45, 2.75) is 51.7 Å². The second kappa shape index (κ2) is 11.0. The summed E-state index contributed by atoms with van der Waals surface area (Å²) in [4.78, 5) is 31.7. The van der Waals surface area contributed by atoms with Crippen LogP contribution < -0.4 is 5.32 Å². The van der Waals surface area contributed by atoms with E-state index >= 15 is 0 Å². The SMILES string of the molecule is CCOC(=O)c1nc(Cl)nc(CC2CCC[C@@H](NC(=O)OCc3ccccc3)C2)c1F. The Hall–Kier alpha value is -2.74. The molecule has 1 amide bonds. The van der Waals surface area contributed by atoms with Crippen molar-refractivity contribution < 1.29 is 23.5 Å². The molecule has 9 heteroatoms. The molecule has 1 aromatic carbocycles. The molecule has 1 aliphatic rings. The smallest absolute Gasteiger partial charge is 0.407 e. The number of amides is 1. The zero-order chi connectivity index (χ0) is 22.2. The first kappa shape index (κ1) is 22.9. The number of hydrogen-bond donors (Lipinski definition) is 1. The van der Waals surface area contributed by atoms with Crippen LogP contribution in [0.4, 0.5) is 9.18 Å². The molecule has 3 rings (SSSR count). The fraction of sp³-hybridized carbons (Fsp3) is 0.455. The lowest BCUT2D eigenvalue weighted by Crippen LogP contribution is -2.39. The highest BCUT2D eigenvalue weighted by Gasteiger charge is 2.27. The predicted octanol–water partition coefficient (Wildman–Crippen LogP) is 4.47. The van der Waals surface area contributed by atoms with Gasteiger partial charge < -0.3 is 14.8 Å². The third-order valence-electron chi connectivity index (χ3n) is 5.16.